The van der Waals surface area contributed by atoms with E-state index in [-0.39, 0.29) is 29.5 Å². The molecule has 0 amide bonds. The largest absolute Gasteiger partial charge is 0.478 e. The van der Waals surface area contributed by atoms with E-state index in [4.69, 9.17) is 9.52 Å². The number of carbonyl (C=O) groups is 2. The second-order valence-corrected chi connectivity index (χ2v) is 3.68. The Morgan fingerprint density at radius 3 is 3.00 bits per heavy atom. The molecule has 0 unspecified atom stereocenters. The predicted octanol–water partition coefficient (Wildman–Crippen LogP) is 1.17. The molecule has 2 aromatic heterocycles. The molecule has 0 saturated carbocycles. The fourth-order valence-electron chi connectivity index (χ4n) is 1.47. The molecular weight excluding hydrogens is 266 g/mol. The molecule has 0 aliphatic heterocycles. The number of rotatable bonds is 5. The molecule has 0 aliphatic carbocycles. The number of aromatic nitrogens is 2. The Morgan fingerprint density at radius 1 is 1.50 bits per heavy atom. The minimum Gasteiger partial charge on any atom is -0.478 e. The van der Waals surface area contributed by atoms with Gasteiger partial charge in [0.05, 0.1) is 13.7 Å². The Morgan fingerprint density at radius 2 is 2.30 bits per heavy atom. The van der Waals surface area contributed by atoms with Crippen molar-refractivity contribution in [3.63, 3.8) is 0 Å². The van der Waals surface area contributed by atoms with E-state index in [2.05, 4.69) is 20.0 Å². The Hall–Kier alpha value is -2.90. The van der Waals surface area contributed by atoms with Crippen molar-refractivity contribution in [3.8, 4) is 0 Å². The standard InChI is InChI=1S/C12H11N3O5/c1-19-12(18)8-6-20-9(15-8)5-14-10-7(11(16)17)3-2-4-13-10/h2-4,6H,5H2,1H3,(H,13,14)(H,16,17). The van der Waals surface area contributed by atoms with Gasteiger partial charge in [-0.2, -0.15) is 0 Å². The van der Waals surface area contributed by atoms with E-state index in [0.717, 1.165) is 0 Å². The van der Waals surface area contributed by atoms with Crippen LogP contribution in [0, 0.1) is 0 Å². The zero-order valence-corrected chi connectivity index (χ0v) is 10.5. The van der Waals surface area contributed by atoms with Gasteiger partial charge in [0.25, 0.3) is 0 Å². The number of pyridine rings is 1. The minimum atomic E-state index is -1.09. The zero-order chi connectivity index (χ0) is 14.5. The lowest BCUT2D eigenvalue weighted by Gasteiger charge is -2.05. The van der Waals surface area contributed by atoms with E-state index in [9.17, 15) is 9.59 Å². The molecule has 8 heteroatoms. The average molecular weight is 277 g/mol. The van der Waals surface area contributed by atoms with Crippen LogP contribution in [0.5, 0.6) is 0 Å². The summed E-state index contributed by atoms with van der Waals surface area (Å²) in [5.41, 5.74) is 0.0797. The van der Waals surface area contributed by atoms with Crippen molar-refractivity contribution in [2.75, 3.05) is 12.4 Å². The molecule has 8 nitrogen and oxygen atoms in total. The van der Waals surface area contributed by atoms with E-state index in [1.807, 2.05) is 0 Å². The molecule has 0 bridgehead atoms. The molecule has 0 radical (unpaired) electrons. The summed E-state index contributed by atoms with van der Waals surface area (Å²) in [6, 6.07) is 2.95. The smallest absolute Gasteiger partial charge is 0.360 e. The maximum atomic E-state index is 11.2. The number of carbonyl (C=O) groups excluding carboxylic acids is 1. The highest BCUT2D eigenvalue weighted by Crippen LogP contribution is 2.13. The SMILES string of the molecule is COC(=O)c1coc(CNc2ncccc2C(=O)O)n1. The quantitative estimate of drug-likeness (QED) is 0.782. The summed E-state index contributed by atoms with van der Waals surface area (Å²) in [4.78, 5) is 30.0. The van der Waals surface area contributed by atoms with Crippen molar-refractivity contribution in [1.29, 1.82) is 0 Å². The Balaban J connectivity index is 2.07. The number of nitrogens with zero attached hydrogens (tertiary/aromatic N) is 2. The van der Waals surface area contributed by atoms with Crippen LogP contribution in [0.15, 0.2) is 29.0 Å². The molecule has 2 rings (SSSR count). The summed E-state index contributed by atoms with van der Waals surface area (Å²) in [7, 11) is 1.24. The Bertz CT molecular complexity index is 638. The second kappa shape index (κ2) is 5.83. The molecular formula is C12H11N3O5. The third-order valence-electron chi connectivity index (χ3n) is 2.39. The van der Waals surface area contributed by atoms with Crippen LogP contribution in [0.1, 0.15) is 26.7 Å². The number of oxazole rings is 1. The van der Waals surface area contributed by atoms with E-state index in [1.54, 1.807) is 0 Å². The van der Waals surface area contributed by atoms with Crippen molar-refractivity contribution in [2.45, 2.75) is 6.54 Å². The van der Waals surface area contributed by atoms with Gasteiger partial charge in [0.1, 0.15) is 17.6 Å². The lowest BCUT2D eigenvalue weighted by Crippen LogP contribution is -2.08. The van der Waals surface area contributed by atoms with Gasteiger partial charge in [0, 0.05) is 6.20 Å². The number of ether oxygens (including phenoxy) is 1. The number of hydrogen-bond acceptors (Lipinski definition) is 7. The molecule has 0 aromatic carbocycles. The van der Waals surface area contributed by atoms with Crippen LogP contribution in [0.3, 0.4) is 0 Å². The number of aromatic carboxylic acids is 1. The molecule has 20 heavy (non-hydrogen) atoms. The molecule has 104 valence electrons. The van der Waals surface area contributed by atoms with Gasteiger partial charge in [0.2, 0.25) is 5.89 Å². The molecule has 0 spiro atoms. The number of carboxylic acid groups (broad SMARTS) is 1. The maximum absolute atomic E-state index is 11.2. The van der Waals surface area contributed by atoms with Crippen molar-refractivity contribution in [3.05, 3.63) is 41.7 Å². The highest BCUT2D eigenvalue weighted by Gasteiger charge is 2.14. The van der Waals surface area contributed by atoms with Gasteiger partial charge >= 0.3 is 11.9 Å². The number of carboxylic acids is 1. The molecule has 2 heterocycles. The van der Waals surface area contributed by atoms with E-state index in [1.165, 1.54) is 31.7 Å². The van der Waals surface area contributed by atoms with Gasteiger partial charge in [0.15, 0.2) is 5.69 Å². The first-order valence-corrected chi connectivity index (χ1v) is 5.56. The second-order valence-electron chi connectivity index (χ2n) is 3.68. The van der Waals surface area contributed by atoms with E-state index in [0.29, 0.717) is 0 Å². The van der Waals surface area contributed by atoms with Crippen LogP contribution >= 0.6 is 0 Å². The van der Waals surface area contributed by atoms with Gasteiger partial charge in [-0.3, -0.25) is 0 Å². The summed E-state index contributed by atoms with van der Waals surface area (Å²) in [6.45, 7) is 0.0916. The van der Waals surface area contributed by atoms with Gasteiger partial charge in [-0.25, -0.2) is 19.6 Å². The maximum Gasteiger partial charge on any atom is 0.360 e. The molecule has 0 aliphatic rings. The molecule has 0 fully saturated rings. The number of anilines is 1. The normalized spacial score (nSPS) is 10.1. The summed E-state index contributed by atoms with van der Waals surface area (Å²) in [6.07, 6.45) is 2.63. The summed E-state index contributed by atoms with van der Waals surface area (Å²) < 4.78 is 9.55. The predicted molar refractivity (Wildman–Crippen MR) is 66.4 cm³/mol. The van der Waals surface area contributed by atoms with Crippen LogP contribution in [-0.4, -0.2) is 34.1 Å². The Kier molecular flexibility index (Phi) is 3.94. The van der Waals surface area contributed by atoms with Gasteiger partial charge in [-0.1, -0.05) is 0 Å². The van der Waals surface area contributed by atoms with Crippen LogP contribution in [-0.2, 0) is 11.3 Å². The summed E-state index contributed by atoms with van der Waals surface area (Å²) in [5.74, 6) is -1.29. The lowest BCUT2D eigenvalue weighted by molar-refractivity contribution is 0.0593. The average Bonchev–Trinajstić information content (AvgIpc) is 2.93. The number of esters is 1. The van der Waals surface area contributed by atoms with Gasteiger partial charge in [-0.15, -0.1) is 0 Å². The van der Waals surface area contributed by atoms with Crippen molar-refractivity contribution < 1.29 is 23.8 Å². The van der Waals surface area contributed by atoms with Gasteiger partial charge in [-0.05, 0) is 12.1 Å². The first kappa shape index (κ1) is 13.5. The first-order chi connectivity index (χ1) is 9.61. The molecule has 0 atom stereocenters. The number of methoxy groups -OCH3 is 1. The van der Waals surface area contributed by atoms with Crippen LogP contribution in [0.2, 0.25) is 0 Å². The van der Waals surface area contributed by atoms with Crippen LogP contribution < -0.4 is 5.32 Å². The summed E-state index contributed by atoms with van der Waals surface area (Å²) >= 11 is 0. The van der Waals surface area contributed by atoms with Crippen molar-refractivity contribution >= 4 is 17.8 Å². The molecule has 2 aromatic rings. The van der Waals surface area contributed by atoms with E-state index >= 15 is 0 Å². The Labute approximate surface area is 113 Å². The van der Waals surface area contributed by atoms with Crippen molar-refractivity contribution in [1.82, 2.24) is 9.97 Å². The number of hydrogen-bond donors (Lipinski definition) is 2. The highest BCUT2D eigenvalue weighted by atomic mass is 16.5. The molecule has 0 saturated heterocycles. The third kappa shape index (κ3) is 2.91. The van der Waals surface area contributed by atoms with Crippen molar-refractivity contribution in [2.24, 2.45) is 0 Å². The summed E-state index contributed by atoms with van der Waals surface area (Å²) in [5, 5.41) is 11.8. The fraction of sp³-hybridized carbons (Fsp3) is 0.167. The van der Waals surface area contributed by atoms with Crippen LogP contribution in [0.4, 0.5) is 5.82 Å². The topological polar surface area (TPSA) is 115 Å². The monoisotopic (exact) mass is 277 g/mol. The van der Waals surface area contributed by atoms with Gasteiger partial charge < -0.3 is 19.6 Å². The zero-order valence-electron chi connectivity index (χ0n) is 10.5. The first-order valence-electron chi connectivity index (χ1n) is 5.56. The van der Waals surface area contributed by atoms with E-state index < -0.39 is 11.9 Å². The molecule has 2 N–H and O–H groups in total. The lowest BCUT2D eigenvalue weighted by atomic mass is 10.2. The minimum absolute atomic E-state index is 0.0345. The van der Waals surface area contributed by atoms with Crippen LogP contribution in [0.25, 0.3) is 0 Å². The number of nitrogens with one attached hydrogen (secondary N) is 1. The fourth-order valence-corrected chi connectivity index (χ4v) is 1.47. The highest BCUT2D eigenvalue weighted by molar-refractivity contribution is 5.92. The third-order valence-corrected chi connectivity index (χ3v) is 2.39.